The molecule has 2 atom stereocenters. The summed E-state index contributed by atoms with van der Waals surface area (Å²) < 4.78 is 14.2. The van der Waals surface area contributed by atoms with E-state index in [0.717, 1.165) is 37.3 Å². The van der Waals surface area contributed by atoms with E-state index in [1.807, 2.05) is 4.90 Å². The third kappa shape index (κ3) is 2.52. The minimum Gasteiger partial charge on any atom is -0.478 e. The lowest BCUT2D eigenvalue weighted by atomic mass is 9.68. The van der Waals surface area contributed by atoms with Crippen molar-refractivity contribution in [1.29, 1.82) is 0 Å². The Kier molecular flexibility index (Phi) is 3.39. The van der Waals surface area contributed by atoms with Crippen LogP contribution in [0, 0.1) is 23.6 Å². The number of carbonyl (C=O) groups excluding carboxylic acids is 1. The van der Waals surface area contributed by atoms with E-state index in [1.165, 1.54) is 31.4 Å². The molecule has 122 valence electrons. The number of nitrogens with zero attached hydrogens (tertiary/aromatic N) is 1. The number of hydrogen-bond donors (Lipinski definition) is 1. The second-order valence-corrected chi connectivity index (χ2v) is 7.39. The summed E-state index contributed by atoms with van der Waals surface area (Å²) in [5.41, 5.74) is -0.133. The van der Waals surface area contributed by atoms with Gasteiger partial charge in [0.15, 0.2) is 0 Å². The number of carbonyl (C=O) groups is 2. The number of amides is 1. The standard InChI is InChI=1S/C18H20FNO3/c19-16-8-13(18(22)23)1-2-15(16)17(21)20-9-12-4-10-3-11(5-12)7-14(20)6-10/h1-2,8,10-12,14H,3-7,9H2,(H,22,23). The molecule has 4 fully saturated rings. The Balaban J connectivity index is 1.63. The van der Waals surface area contributed by atoms with Crippen molar-refractivity contribution in [3.05, 3.63) is 35.1 Å². The summed E-state index contributed by atoms with van der Waals surface area (Å²) >= 11 is 0. The molecule has 4 aliphatic rings. The molecule has 0 radical (unpaired) electrons. The molecule has 2 aliphatic carbocycles. The van der Waals surface area contributed by atoms with Gasteiger partial charge in [0, 0.05) is 12.6 Å². The van der Waals surface area contributed by atoms with Crippen LogP contribution in [0.3, 0.4) is 0 Å². The maximum Gasteiger partial charge on any atom is 0.335 e. The number of carboxylic acid groups (broad SMARTS) is 1. The zero-order chi connectivity index (χ0) is 16.1. The van der Waals surface area contributed by atoms with Gasteiger partial charge >= 0.3 is 5.97 Å². The minimum atomic E-state index is -1.19. The van der Waals surface area contributed by atoms with Crippen LogP contribution in [0.25, 0.3) is 0 Å². The summed E-state index contributed by atoms with van der Waals surface area (Å²) in [6, 6.07) is 3.78. The van der Waals surface area contributed by atoms with Crippen LogP contribution in [-0.2, 0) is 0 Å². The van der Waals surface area contributed by atoms with E-state index >= 15 is 0 Å². The first kappa shape index (κ1) is 14.7. The average Bonchev–Trinajstić information content (AvgIpc) is 2.70. The molecule has 2 saturated carbocycles. The van der Waals surface area contributed by atoms with Gasteiger partial charge in [-0.2, -0.15) is 0 Å². The van der Waals surface area contributed by atoms with Gasteiger partial charge in [-0.15, -0.1) is 0 Å². The fourth-order valence-electron chi connectivity index (χ4n) is 5.01. The van der Waals surface area contributed by atoms with Crippen molar-refractivity contribution < 1.29 is 19.1 Å². The summed E-state index contributed by atoms with van der Waals surface area (Å²) in [7, 11) is 0. The van der Waals surface area contributed by atoms with Gasteiger partial charge in [-0.05, 0) is 68.1 Å². The van der Waals surface area contributed by atoms with E-state index < -0.39 is 11.8 Å². The molecule has 0 spiro atoms. The third-order valence-electron chi connectivity index (χ3n) is 5.81. The van der Waals surface area contributed by atoms with Gasteiger partial charge in [-0.3, -0.25) is 4.79 Å². The molecule has 1 N–H and O–H groups in total. The Morgan fingerprint density at radius 1 is 1.04 bits per heavy atom. The van der Waals surface area contributed by atoms with E-state index in [4.69, 9.17) is 5.11 Å². The molecule has 5 rings (SSSR count). The lowest BCUT2D eigenvalue weighted by Gasteiger charge is -2.39. The predicted octanol–water partition coefficient (Wildman–Crippen LogP) is 3.17. The van der Waals surface area contributed by atoms with Crippen molar-refractivity contribution in [1.82, 2.24) is 4.90 Å². The van der Waals surface area contributed by atoms with Crippen molar-refractivity contribution in [3.8, 4) is 0 Å². The molecule has 2 heterocycles. The second kappa shape index (κ2) is 5.32. The average molecular weight is 317 g/mol. The van der Waals surface area contributed by atoms with Crippen molar-refractivity contribution >= 4 is 11.9 Å². The fourth-order valence-corrected chi connectivity index (χ4v) is 5.01. The van der Waals surface area contributed by atoms with Crippen molar-refractivity contribution in [2.24, 2.45) is 17.8 Å². The molecule has 4 nitrogen and oxygen atoms in total. The molecule has 5 heteroatoms. The summed E-state index contributed by atoms with van der Waals surface area (Å²) in [6.07, 6.45) is 5.74. The monoisotopic (exact) mass is 317 g/mol. The largest absolute Gasteiger partial charge is 0.478 e. The highest BCUT2D eigenvalue weighted by Gasteiger charge is 2.44. The van der Waals surface area contributed by atoms with Crippen LogP contribution in [-0.4, -0.2) is 34.5 Å². The molecule has 2 unspecified atom stereocenters. The number of halogens is 1. The Bertz CT molecular complexity index is 660. The highest BCUT2D eigenvalue weighted by Crippen LogP contribution is 2.47. The van der Waals surface area contributed by atoms with Crippen LogP contribution in [0.4, 0.5) is 4.39 Å². The van der Waals surface area contributed by atoms with Crippen LogP contribution in [0.1, 0.15) is 52.8 Å². The number of carboxylic acids is 1. The number of fused-ring (bicyclic) bond motifs is 1. The van der Waals surface area contributed by atoms with Gasteiger partial charge in [0.2, 0.25) is 0 Å². The van der Waals surface area contributed by atoms with Gasteiger partial charge in [0.05, 0.1) is 11.1 Å². The minimum absolute atomic E-state index is 0.00350. The van der Waals surface area contributed by atoms with Crippen LogP contribution in [0.15, 0.2) is 18.2 Å². The van der Waals surface area contributed by atoms with Gasteiger partial charge in [-0.1, -0.05) is 0 Å². The summed E-state index contributed by atoms with van der Waals surface area (Å²) in [5.74, 6) is -0.231. The smallest absolute Gasteiger partial charge is 0.335 e. The Hall–Kier alpha value is -1.91. The number of benzene rings is 1. The SMILES string of the molecule is O=C(O)c1ccc(C(=O)N2CC3CC4CC(C3)CC2C4)c(F)c1. The quantitative estimate of drug-likeness (QED) is 0.911. The van der Waals surface area contributed by atoms with Crippen molar-refractivity contribution in [2.45, 2.75) is 38.1 Å². The van der Waals surface area contributed by atoms with E-state index in [2.05, 4.69) is 0 Å². The lowest BCUT2D eigenvalue weighted by molar-refractivity contribution is 0.0624. The molecule has 2 aliphatic heterocycles. The first-order chi connectivity index (χ1) is 11.0. The van der Waals surface area contributed by atoms with Crippen LogP contribution in [0.5, 0.6) is 0 Å². The zero-order valence-corrected chi connectivity index (χ0v) is 12.9. The van der Waals surface area contributed by atoms with Gasteiger partial charge in [-0.25, -0.2) is 9.18 Å². The molecule has 1 amide bonds. The summed E-state index contributed by atoms with van der Waals surface area (Å²) in [6.45, 7) is 0.719. The molecule has 1 aromatic rings. The molecular formula is C18H20FNO3. The van der Waals surface area contributed by atoms with Gasteiger partial charge in [0.25, 0.3) is 5.91 Å². The van der Waals surface area contributed by atoms with Crippen molar-refractivity contribution in [3.63, 3.8) is 0 Å². The topological polar surface area (TPSA) is 57.6 Å². The normalized spacial score (nSPS) is 32.0. The first-order valence-corrected chi connectivity index (χ1v) is 8.35. The highest BCUT2D eigenvalue weighted by molar-refractivity contribution is 5.96. The molecule has 2 saturated heterocycles. The number of hydrogen-bond acceptors (Lipinski definition) is 2. The molecular weight excluding hydrogens is 297 g/mol. The van der Waals surface area contributed by atoms with Crippen LogP contribution < -0.4 is 0 Å². The number of aromatic carboxylic acids is 1. The zero-order valence-electron chi connectivity index (χ0n) is 12.9. The summed E-state index contributed by atoms with van der Waals surface area (Å²) in [4.78, 5) is 25.6. The third-order valence-corrected chi connectivity index (χ3v) is 5.81. The van der Waals surface area contributed by atoms with Gasteiger partial charge < -0.3 is 10.0 Å². The molecule has 23 heavy (non-hydrogen) atoms. The number of rotatable bonds is 2. The molecule has 1 aromatic carbocycles. The first-order valence-electron chi connectivity index (χ1n) is 8.35. The highest BCUT2D eigenvalue weighted by atomic mass is 19.1. The van der Waals surface area contributed by atoms with Gasteiger partial charge in [0.1, 0.15) is 5.82 Å². The molecule has 4 bridgehead atoms. The molecule has 0 aromatic heterocycles. The summed E-state index contributed by atoms with van der Waals surface area (Å²) in [5, 5.41) is 8.92. The van der Waals surface area contributed by atoms with E-state index in [0.29, 0.717) is 5.92 Å². The van der Waals surface area contributed by atoms with Crippen LogP contribution in [0.2, 0.25) is 0 Å². The lowest BCUT2D eigenvalue weighted by Crippen LogP contribution is -2.42. The maximum absolute atomic E-state index is 14.2. The maximum atomic E-state index is 14.2. The Morgan fingerprint density at radius 3 is 2.30 bits per heavy atom. The van der Waals surface area contributed by atoms with E-state index in [1.54, 1.807) is 0 Å². The second-order valence-electron chi connectivity index (χ2n) is 7.39. The Morgan fingerprint density at radius 2 is 1.70 bits per heavy atom. The van der Waals surface area contributed by atoms with Crippen LogP contribution >= 0.6 is 0 Å². The van der Waals surface area contributed by atoms with E-state index in [-0.39, 0.29) is 23.1 Å². The Labute approximate surface area is 134 Å². The predicted molar refractivity (Wildman–Crippen MR) is 81.7 cm³/mol. The van der Waals surface area contributed by atoms with Crippen molar-refractivity contribution in [2.75, 3.05) is 6.54 Å². The fraction of sp³-hybridized carbons (Fsp3) is 0.556. The van der Waals surface area contributed by atoms with E-state index in [9.17, 15) is 14.0 Å².